The average Bonchev–Trinajstić information content (AvgIpc) is 2.77. The lowest BCUT2D eigenvalue weighted by molar-refractivity contribution is 0.412. The fourth-order valence-electron chi connectivity index (χ4n) is 1.53. The molecule has 0 amide bonds. The zero-order valence-electron chi connectivity index (χ0n) is 6.85. The molecule has 1 aromatic heterocycles. The molecule has 0 aromatic carbocycles. The first-order valence-electron chi connectivity index (χ1n) is 4.28. The smallest absolute Gasteiger partial charge is 0.0677 e. The SMILES string of the molecule is N#CCC(C1CC1)n1cccn1. The van der Waals surface area contributed by atoms with E-state index < -0.39 is 0 Å². The van der Waals surface area contributed by atoms with Gasteiger partial charge in [0.1, 0.15) is 0 Å². The van der Waals surface area contributed by atoms with Crippen LogP contribution in [0, 0.1) is 17.2 Å². The summed E-state index contributed by atoms with van der Waals surface area (Å²) in [4.78, 5) is 0. The molecule has 1 unspecified atom stereocenters. The largest absolute Gasteiger partial charge is 0.268 e. The van der Waals surface area contributed by atoms with Crippen molar-refractivity contribution < 1.29 is 0 Å². The Morgan fingerprint density at radius 1 is 1.67 bits per heavy atom. The molecule has 0 saturated heterocycles. The molecule has 0 N–H and O–H groups in total. The van der Waals surface area contributed by atoms with Gasteiger partial charge in [0.05, 0.1) is 18.5 Å². The highest BCUT2D eigenvalue weighted by molar-refractivity contribution is 4.93. The van der Waals surface area contributed by atoms with E-state index in [1.54, 1.807) is 6.20 Å². The van der Waals surface area contributed by atoms with Gasteiger partial charge in [-0.05, 0) is 24.8 Å². The topological polar surface area (TPSA) is 41.6 Å². The standard InChI is InChI=1S/C9H11N3/c10-5-4-9(8-2-3-8)12-7-1-6-11-12/h1,6-9H,2-4H2. The maximum atomic E-state index is 8.62. The molecule has 1 fully saturated rings. The van der Waals surface area contributed by atoms with Gasteiger partial charge in [-0.2, -0.15) is 10.4 Å². The van der Waals surface area contributed by atoms with Gasteiger partial charge in [-0.3, -0.25) is 4.68 Å². The second-order valence-corrected chi connectivity index (χ2v) is 3.25. The van der Waals surface area contributed by atoms with Gasteiger partial charge in [-0.25, -0.2) is 0 Å². The number of aromatic nitrogens is 2. The van der Waals surface area contributed by atoms with Crippen LogP contribution in [0.25, 0.3) is 0 Å². The molecule has 1 aliphatic rings. The van der Waals surface area contributed by atoms with Gasteiger partial charge >= 0.3 is 0 Å². The van der Waals surface area contributed by atoms with Gasteiger partial charge < -0.3 is 0 Å². The molecule has 1 aliphatic carbocycles. The second kappa shape index (κ2) is 2.98. The van der Waals surface area contributed by atoms with E-state index in [0.29, 0.717) is 18.4 Å². The zero-order chi connectivity index (χ0) is 8.39. The third-order valence-corrected chi connectivity index (χ3v) is 2.33. The van der Waals surface area contributed by atoms with Crippen LogP contribution < -0.4 is 0 Å². The van der Waals surface area contributed by atoms with Crippen molar-refractivity contribution in [2.24, 2.45) is 5.92 Å². The Morgan fingerprint density at radius 2 is 2.50 bits per heavy atom. The Kier molecular flexibility index (Phi) is 1.83. The summed E-state index contributed by atoms with van der Waals surface area (Å²) in [6.45, 7) is 0. The second-order valence-electron chi connectivity index (χ2n) is 3.25. The monoisotopic (exact) mass is 161 g/mol. The summed E-state index contributed by atoms with van der Waals surface area (Å²) < 4.78 is 1.92. The van der Waals surface area contributed by atoms with E-state index in [-0.39, 0.29) is 0 Å². The van der Waals surface area contributed by atoms with Crippen LogP contribution in [0.1, 0.15) is 25.3 Å². The van der Waals surface area contributed by atoms with Crippen LogP contribution in [-0.2, 0) is 0 Å². The third-order valence-electron chi connectivity index (χ3n) is 2.33. The quantitative estimate of drug-likeness (QED) is 0.677. The molecular formula is C9H11N3. The molecule has 1 atom stereocenters. The van der Waals surface area contributed by atoms with Gasteiger partial charge in [0.2, 0.25) is 0 Å². The van der Waals surface area contributed by atoms with Crippen LogP contribution in [0.3, 0.4) is 0 Å². The molecule has 0 spiro atoms. The number of nitriles is 1. The van der Waals surface area contributed by atoms with Crippen LogP contribution in [0.5, 0.6) is 0 Å². The van der Waals surface area contributed by atoms with Crippen LogP contribution in [-0.4, -0.2) is 9.78 Å². The summed E-state index contributed by atoms with van der Waals surface area (Å²) in [7, 11) is 0. The van der Waals surface area contributed by atoms with Crippen molar-refractivity contribution >= 4 is 0 Å². The molecular weight excluding hydrogens is 150 g/mol. The van der Waals surface area contributed by atoms with Gasteiger partial charge in [-0.15, -0.1) is 0 Å². The molecule has 2 rings (SSSR count). The summed E-state index contributed by atoms with van der Waals surface area (Å²) in [5.74, 6) is 0.699. The normalized spacial score (nSPS) is 18.6. The van der Waals surface area contributed by atoms with E-state index in [9.17, 15) is 0 Å². The Morgan fingerprint density at radius 3 is 3.00 bits per heavy atom. The van der Waals surface area contributed by atoms with Crippen LogP contribution in [0.15, 0.2) is 18.5 Å². The van der Waals surface area contributed by atoms with E-state index >= 15 is 0 Å². The minimum atomic E-state index is 0.324. The van der Waals surface area contributed by atoms with Crippen molar-refractivity contribution in [1.29, 1.82) is 5.26 Å². The molecule has 1 saturated carbocycles. The fourth-order valence-corrected chi connectivity index (χ4v) is 1.53. The van der Waals surface area contributed by atoms with Crippen molar-refractivity contribution in [3.63, 3.8) is 0 Å². The summed E-state index contributed by atoms with van der Waals surface area (Å²) >= 11 is 0. The van der Waals surface area contributed by atoms with E-state index in [4.69, 9.17) is 5.26 Å². The third kappa shape index (κ3) is 1.33. The average molecular weight is 161 g/mol. The Hall–Kier alpha value is -1.30. The predicted octanol–water partition coefficient (Wildman–Crippen LogP) is 1.75. The number of hydrogen-bond donors (Lipinski definition) is 0. The van der Waals surface area contributed by atoms with Crippen molar-refractivity contribution in [2.75, 3.05) is 0 Å². The molecule has 0 radical (unpaired) electrons. The number of nitrogens with zero attached hydrogens (tertiary/aromatic N) is 3. The molecule has 3 heteroatoms. The molecule has 1 aromatic rings. The first-order chi connectivity index (χ1) is 5.92. The Balaban J connectivity index is 2.11. The van der Waals surface area contributed by atoms with Gasteiger partial charge in [-0.1, -0.05) is 0 Å². The lowest BCUT2D eigenvalue weighted by Crippen LogP contribution is -2.10. The molecule has 12 heavy (non-hydrogen) atoms. The van der Waals surface area contributed by atoms with E-state index in [2.05, 4.69) is 11.2 Å². The first kappa shape index (κ1) is 7.35. The minimum Gasteiger partial charge on any atom is -0.268 e. The highest BCUT2D eigenvalue weighted by Gasteiger charge is 2.32. The van der Waals surface area contributed by atoms with E-state index in [0.717, 1.165) is 0 Å². The molecule has 0 bridgehead atoms. The van der Waals surface area contributed by atoms with Crippen LogP contribution in [0.4, 0.5) is 0 Å². The maximum Gasteiger partial charge on any atom is 0.0677 e. The summed E-state index contributed by atoms with van der Waals surface area (Å²) in [5.41, 5.74) is 0. The summed E-state index contributed by atoms with van der Waals surface area (Å²) in [6.07, 6.45) is 6.82. The molecule has 0 aliphatic heterocycles. The van der Waals surface area contributed by atoms with E-state index in [1.165, 1.54) is 12.8 Å². The summed E-state index contributed by atoms with van der Waals surface area (Å²) in [5, 5.41) is 12.8. The van der Waals surface area contributed by atoms with Crippen LogP contribution in [0.2, 0.25) is 0 Å². The van der Waals surface area contributed by atoms with Gasteiger partial charge in [0.25, 0.3) is 0 Å². The van der Waals surface area contributed by atoms with Gasteiger partial charge in [0, 0.05) is 12.4 Å². The predicted molar refractivity (Wildman–Crippen MR) is 44.2 cm³/mol. The highest BCUT2D eigenvalue weighted by atomic mass is 15.3. The Labute approximate surface area is 71.6 Å². The fraction of sp³-hybridized carbons (Fsp3) is 0.556. The van der Waals surface area contributed by atoms with Crippen LogP contribution >= 0.6 is 0 Å². The van der Waals surface area contributed by atoms with E-state index in [1.807, 2.05) is 16.9 Å². The lowest BCUT2D eigenvalue weighted by atomic mass is 10.1. The van der Waals surface area contributed by atoms with Crippen molar-refractivity contribution in [3.05, 3.63) is 18.5 Å². The molecule has 3 nitrogen and oxygen atoms in total. The maximum absolute atomic E-state index is 8.62. The number of rotatable bonds is 3. The van der Waals surface area contributed by atoms with Crippen molar-refractivity contribution in [2.45, 2.75) is 25.3 Å². The summed E-state index contributed by atoms with van der Waals surface area (Å²) in [6, 6.07) is 4.45. The van der Waals surface area contributed by atoms with Gasteiger partial charge in [0.15, 0.2) is 0 Å². The Bertz CT molecular complexity index is 279. The number of hydrogen-bond acceptors (Lipinski definition) is 2. The molecule has 1 heterocycles. The highest BCUT2D eigenvalue weighted by Crippen LogP contribution is 2.40. The molecule has 62 valence electrons. The minimum absolute atomic E-state index is 0.324. The van der Waals surface area contributed by atoms with Crippen molar-refractivity contribution in [1.82, 2.24) is 9.78 Å². The zero-order valence-corrected chi connectivity index (χ0v) is 6.85. The lowest BCUT2D eigenvalue weighted by Gasteiger charge is -2.12. The first-order valence-corrected chi connectivity index (χ1v) is 4.28. The van der Waals surface area contributed by atoms with Crippen molar-refractivity contribution in [3.8, 4) is 6.07 Å².